The zero-order valence-corrected chi connectivity index (χ0v) is 12.2. The molecular formula is C17H22N2O. The summed E-state index contributed by atoms with van der Waals surface area (Å²) in [4.78, 5) is 0. The minimum absolute atomic E-state index is 0.171. The van der Waals surface area contributed by atoms with E-state index in [1.165, 1.54) is 16.7 Å². The standard InChI is InChI=1S/C17H22N2O/c1-13(18-2)15-7-9-19(11-15)12-17-16-6-4-3-5-14(16)8-10-20-17/h3-7,9,11,13,17-18H,8,10,12H2,1-2H3. The summed E-state index contributed by atoms with van der Waals surface area (Å²) < 4.78 is 8.20. The first-order valence-electron chi connectivity index (χ1n) is 7.30. The zero-order chi connectivity index (χ0) is 13.9. The molecule has 1 aromatic carbocycles. The van der Waals surface area contributed by atoms with Gasteiger partial charge in [0.2, 0.25) is 0 Å². The summed E-state index contributed by atoms with van der Waals surface area (Å²) in [6.45, 7) is 3.88. The summed E-state index contributed by atoms with van der Waals surface area (Å²) in [7, 11) is 1.99. The molecule has 0 saturated heterocycles. The summed E-state index contributed by atoms with van der Waals surface area (Å²) in [6.07, 6.45) is 5.55. The van der Waals surface area contributed by atoms with Crippen LogP contribution < -0.4 is 5.32 Å². The first-order valence-corrected chi connectivity index (χ1v) is 7.30. The Bertz CT molecular complexity index is 576. The Kier molecular flexibility index (Phi) is 3.90. The van der Waals surface area contributed by atoms with Gasteiger partial charge in [-0.05, 0) is 43.1 Å². The van der Waals surface area contributed by atoms with E-state index in [0.717, 1.165) is 19.6 Å². The number of aromatic nitrogens is 1. The molecule has 20 heavy (non-hydrogen) atoms. The Hall–Kier alpha value is -1.58. The van der Waals surface area contributed by atoms with Crippen LogP contribution in [0.5, 0.6) is 0 Å². The van der Waals surface area contributed by atoms with E-state index in [-0.39, 0.29) is 6.10 Å². The number of hydrogen-bond donors (Lipinski definition) is 1. The number of fused-ring (bicyclic) bond motifs is 1. The molecule has 3 heteroatoms. The van der Waals surface area contributed by atoms with Gasteiger partial charge in [0.1, 0.15) is 6.10 Å². The molecule has 106 valence electrons. The molecule has 2 atom stereocenters. The molecule has 1 N–H and O–H groups in total. The van der Waals surface area contributed by atoms with Crippen LogP contribution in [0, 0.1) is 0 Å². The van der Waals surface area contributed by atoms with Crippen molar-refractivity contribution in [2.75, 3.05) is 13.7 Å². The fraction of sp³-hybridized carbons (Fsp3) is 0.412. The molecule has 2 heterocycles. The molecule has 2 unspecified atom stereocenters. The van der Waals surface area contributed by atoms with Crippen LogP contribution >= 0.6 is 0 Å². The van der Waals surface area contributed by atoms with E-state index in [1.54, 1.807) is 0 Å². The van der Waals surface area contributed by atoms with Crippen molar-refractivity contribution in [2.45, 2.75) is 32.0 Å². The van der Waals surface area contributed by atoms with Crippen LogP contribution in [-0.4, -0.2) is 18.2 Å². The van der Waals surface area contributed by atoms with E-state index < -0.39 is 0 Å². The highest BCUT2D eigenvalue weighted by Crippen LogP contribution is 2.28. The van der Waals surface area contributed by atoms with Crippen molar-refractivity contribution in [1.82, 2.24) is 9.88 Å². The zero-order valence-electron chi connectivity index (χ0n) is 12.2. The summed E-state index contributed by atoms with van der Waals surface area (Å²) in [6, 6.07) is 11.2. The smallest absolute Gasteiger partial charge is 0.101 e. The molecule has 0 amide bonds. The third kappa shape index (κ3) is 2.65. The van der Waals surface area contributed by atoms with Crippen LogP contribution in [0.25, 0.3) is 0 Å². The summed E-state index contributed by atoms with van der Waals surface area (Å²) in [5.41, 5.74) is 4.09. The van der Waals surface area contributed by atoms with Crippen LogP contribution in [0.2, 0.25) is 0 Å². The fourth-order valence-corrected chi connectivity index (χ4v) is 2.82. The molecule has 3 rings (SSSR count). The maximum atomic E-state index is 5.97. The van der Waals surface area contributed by atoms with E-state index >= 15 is 0 Å². The summed E-state index contributed by atoms with van der Waals surface area (Å²) in [5, 5.41) is 3.27. The topological polar surface area (TPSA) is 26.2 Å². The maximum absolute atomic E-state index is 5.97. The van der Waals surface area contributed by atoms with Crippen molar-refractivity contribution < 1.29 is 4.74 Å². The van der Waals surface area contributed by atoms with E-state index in [2.05, 4.69) is 59.5 Å². The number of ether oxygens (including phenoxy) is 1. The number of nitrogens with one attached hydrogen (secondary N) is 1. The van der Waals surface area contributed by atoms with Gasteiger partial charge in [0.15, 0.2) is 0 Å². The Balaban J connectivity index is 1.77. The lowest BCUT2D eigenvalue weighted by Crippen LogP contribution is -2.20. The van der Waals surface area contributed by atoms with Gasteiger partial charge >= 0.3 is 0 Å². The van der Waals surface area contributed by atoms with Gasteiger partial charge in [0.05, 0.1) is 13.2 Å². The van der Waals surface area contributed by atoms with Crippen molar-refractivity contribution in [3.63, 3.8) is 0 Å². The molecule has 1 aliphatic rings. The second-order valence-electron chi connectivity index (χ2n) is 5.46. The third-order valence-electron chi connectivity index (χ3n) is 4.18. The van der Waals surface area contributed by atoms with Crippen molar-refractivity contribution >= 4 is 0 Å². The van der Waals surface area contributed by atoms with Gasteiger partial charge in [-0.2, -0.15) is 0 Å². The summed E-state index contributed by atoms with van der Waals surface area (Å²) in [5.74, 6) is 0. The van der Waals surface area contributed by atoms with Crippen molar-refractivity contribution in [3.8, 4) is 0 Å². The van der Waals surface area contributed by atoms with E-state index in [9.17, 15) is 0 Å². The SMILES string of the molecule is CNC(C)c1ccn(CC2OCCc3ccccc32)c1. The third-order valence-corrected chi connectivity index (χ3v) is 4.18. The number of benzene rings is 1. The predicted octanol–water partition coefficient (Wildman–Crippen LogP) is 3.08. The Morgan fingerprint density at radius 3 is 3.05 bits per heavy atom. The first-order chi connectivity index (χ1) is 9.78. The Labute approximate surface area is 120 Å². The van der Waals surface area contributed by atoms with Gasteiger partial charge < -0.3 is 14.6 Å². The van der Waals surface area contributed by atoms with Gasteiger partial charge in [-0.25, -0.2) is 0 Å². The normalized spacial score (nSPS) is 19.6. The molecule has 3 nitrogen and oxygen atoms in total. The van der Waals surface area contributed by atoms with Gasteiger partial charge in [-0.1, -0.05) is 24.3 Å². The molecule has 0 aliphatic carbocycles. The minimum Gasteiger partial charge on any atom is -0.371 e. The van der Waals surface area contributed by atoms with E-state index in [0.29, 0.717) is 6.04 Å². The highest BCUT2D eigenvalue weighted by molar-refractivity contribution is 5.31. The first kappa shape index (κ1) is 13.4. The quantitative estimate of drug-likeness (QED) is 0.924. The molecular weight excluding hydrogens is 248 g/mol. The van der Waals surface area contributed by atoms with Gasteiger partial charge in [-0.15, -0.1) is 0 Å². The highest BCUT2D eigenvalue weighted by Gasteiger charge is 2.20. The van der Waals surface area contributed by atoms with Crippen LogP contribution in [-0.2, 0) is 17.7 Å². The van der Waals surface area contributed by atoms with Gasteiger partial charge in [-0.3, -0.25) is 0 Å². The molecule has 0 bridgehead atoms. The predicted molar refractivity (Wildman–Crippen MR) is 80.7 cm³/mol. The lowest BCUT2D eigenvalue weighted by Gasteiger charge is -2.26. The second-order valence-corrected chi connectivity index (χ2v) is 5.46. The van der Waals surface area contributed by atoms with E-state index in [1.807, 2.05) is 7.05 Å². The van der Waals surface area contributed by atoms with Crippen LogP contribution in [0.3, 0.4) is 0 Å². The molecule has 2 aromatic rings. The fourth-order valence-electron chi connectivity index (χ4n) is 2.82. The molecule has 0 saturated carbocycles. The monoisotopic (exact) mass is 270 g/mol. The molecule has 0 radical (unpaired) electrons. The van der Waals surface area contributed by atoms with Gasteiger partial charge in [0, 0.05) is 18.4 Å². The second kappa shape index (κ2) is 5.81. The Morgan fingerprint density at radius 2 is 2.20 bits per heavy atom. The number of nitrogens with zero attached hydrogens (tertiary/aromatic N) is 1. The van der Waals surface area contributed by atoms with Crippen molar-refractivity contribution in [1.29, 1.82) is 0 Å². The minimum atomic E-state index is 0.171. The number of hydrogen-bond acceptors (Lipinski definition) is 2. The van der Waals surface area contributed by atoms with E-state index in [4.69, 9.17) is 4.74 Å². The average Bonchev–Trinajstić information content (AvgIpc) is 2.95. The van der Waals surface area contributed by atoms with Crippen LogP contribution in [0.4, 0.5) is 0 Å². The van der Waals surface area contributed by atoms with Gasteiger partial charge in [0.25, 0.3) is 0 Å². The van der Waals surface area contributed by atoms with Crippen molar-refractivity contribution in [3.05, 3.63) is 59.4 Å². The Morgan fingerprint density at radius 1 is 1.35 bits per heavy atom. The van der Waals surface area contributed by atoms with Crippen LogP contribution in [0.1, 0.15) is 35.8 Å². The molecule has 1 aliphatic heterocycles. The average molecular weight is 270 g/mol. The number of rotatable bonds is 4. The lowest BCUT2D eigenvalue weighted by molar-refractivity contribution is 0.0306. The lowest BCUT2D eigenvalue weighted by atomic mass is 9.97. The largest absolute Gasteiger partial charge is 0.371 e. The maximum Gasteiger partial charge on any atom is 0.101 e. The summed E-state index contributed by atoms with van der Waals surface area (Å²) >= 11 is 0. The molecule has 0 fully saturated rings. The highest BCUT2D eigenvalue weighted by atomic mass is 16.5. The molecule has 1 aromatic heterocycles. The van der Waals surface area contributed by atoms with Crippen LogP contribution in [0.15, 0.2) is 42.7 Å². The van der Waals surface area contributed by atoms with Crippen molar-refractivity contribution in [2.24, 2.45) is 0 Å². The molecule has 0 spiro atoms.